The predicted octanol–water partition coefficient (Wildman–Crippen LogP) is 3.99. The molecule has 2 nitrogen and oxygen atoms in total. The zero-order chi connectivity index (χ0) is 13.1. The molecule has 0 atom stereocenters. The Morgan fingerprint density at radius 3 is 2.35 bits per heavy atom. The summed E-state index contributed by atoms with van der Waals surface area (Å²) in [7, 11) is 0. The average Bonchev–Trinajstić information content (AvgIpc) is 2.13. The van der Waals surface area contributed by atoms with Crippen LogP contribution >= 0.6 is 15.9 Å². The fourth-order valence-electron chi connectivity index (χ4n) is 0.949. The van der Waals surface area contributed by atoms with E-state index in [4.69, 9.17) is 0 Å². The Balaban J connectivity index is 2.72. The number of halogens is 6. The van der Waals surface area contributed by atoms with Crippen LogP contribution in [0.5, 0.6) is 11.5 Å². The van der Waals surface area contributed by atoms with Gasteiger partial charge < -0.3 is 9.47 Å². The van der Waals surface area contributed by atoms with Crippen LogP contribution in [0, 0.1) is 0 Å². The van der Waals surface area contributed by atoms with Crippen LogP contribution in [-0.4, -0.2) is 19.4 Å². The van der Waals surface area contributed by atoms with Crippen molar-refractivity contribution in [2.24, 2.45) is 0 Å². The number of benzene rings is 1. The normalized spacial score (nSPS) is 11.7. The van der Waals surface area contributed by atoms with Crippen molar-refractivity contribution in [3.05, 3.63) is 22.7 Å². The van der Waals surface area contributed by atoms with Crippen LogP contribution in [0.25, 0.3) is 0 Å². The minimum Gasteiger partial charge on any atom is -0.486 e. The van der Waals surface area contributed by atoms with E-state index in [0.29, 0.717) is 0 Å². The molecule has 0 amide bonds. The van der Waals surface area contributed by atoms with Crippen molar-refractivity contribution in [1.82, 2.24) is 0 Å². The third kappa shape index (κ3) is 5.20. The first-order chi connectivity index (χ1) is 7.78. The zero-order valence-electron chi connectivity index (χ0n) is 8.10. The molecule has 0 aliphatic carbocycles. The minimum atomic E-state index is -4.80. The highest BCUT2D eigenvalue weighted by atomic mass is 79.9. The summed E-state index contributed by atoms with van der Waals surface area (Å²) in [5.41, 5.74) is 0. The lowest BCUT2D eigenvalue weighted by atomic mass is 10.3. The van der Waals surface area contributed by atoms with Crippen LogP contribution in [0.1, 0.15) is 0 Å². The Bertz CT molecular complexity index is 380. The van der Waals surface area contributed by atoms with Gasteiger partial charge in [0.15, 0.2) is 0 Å². The largest absolute Gasteiger partial charge is 0.573 e. The van der Waals surface area contributed by atoms with E-state index in [1.165, 1.54) is 0 Å². The van der Waals surface area contributed by atoms with Crippen molar-refractivity contribution in [2.75, 3.05) is 6.61 Å². The molecule has 0 saturated heterocycles. The summed E-state index contributed by atoms with van der Waals surface area (Å²) in [5.74, 6) is -0.450. The molecule has 1 aromatic carbocycles. The number of hydrogen-bond donors (Lipinski definition) is 0. The third-order valence-corrected chi connectivity index (χ3v) is 2.12. The topological polar surface area (TPSA) is 18.5 Å². The zero-order valence-corrected chi connectivity index (χ0v) is 9.69. The van der Waals surface area contributed by atoms with Crippen LogP contribution in [-0.2, 0) is 0 Å². The van der Waals surface area contributed by atoms with Crippen molar-refractivity contribution >= 4 is 15.9 Å². The van der Waals surface area contributed by atoms with Crippen molar-refractivity contribution in [3.8, 4) is 11.5 Å². The lowest BCUT2D eigenvalue weighted by molar-refractivity contribution is -0.274. The first-order valence-electron chi connectivity index (χ1n) is 4.24. The summed E-state index contributed by atoms with van der Waals surface area (Å²) in [6.07, 6.45) is -7.46. The SMILES string of the molecule is FC(F)COc1ccc(OC(F)(F)F)cc1Br. The van der Waals surface area contributed by atoms with E-state index in [1.54, 1.807) is 0 Å². The molecule has 0 spiro atoms. The summed E-state index contributed by atoms with van der Waals surface area (Å²) in [5, 5.41) is 0. The summed E-state index contributed by atoms with van der Waals surface area (Å²) in [6.45, 7) is -0.835. The molecule has 0 bridgehead atoms. The minimum absolute atomic E-state index is 0.0137. The Kier molecular flexibility index (Phi) is 4.55. The first kappa shape index (κ1) is 14.0. The first-order valence-corrected chi connectivity index (χ1v) is 5.03. The predicted molar refractivity (Wildman–Crippen MR) is 52.3 cm³/mol. The number of rotatable bonds is 4. The lowest BCUT2D eigenvalue weighted by Crippen LogP contribution is -2.17. The van der Waals surface area contributed by atoms with Gasteiger partial charge in [-0.15, -0.1) is 13.2 Å². The van der Waals surface area contributed by atoms with E-state index < -0.39 is 25.1 Å². The van der Waals surface area contributed by atoms with Crippen LogP contribution in [0.2, 0.25) is 0 Å². The van der Waals surface area contributed by atoms with Crippen molar-refractivity contribution in [1.29, 1.82) is 0 Å². The molecule has 1 rings (SSSR count). The molecule has 17 heavy (non-hydrogen) atoms. The number of ether oxygens (including phenoxy) is 2. The molecule has 0 aliphatic rings. The van der Waals surface area contributed by atoms with Gasteiger partial charge in [-0.3, -0.25) is 0 Å². The molecule has 0 aliphatic heterocycles. The maximum Gasteiger partial charge on any atom is 0.573 e. The van der Waals surface area contributed by atoms with Crippen LogP contribution in [0.4, 0.5) is 22.0 Å². The highest BCUT2D eigenvalue weighted by Gasteiger charge is 2.31. The fraction of sp³-hybridized carbons (Fsp3) is 0.333. The molecule has 0 N–H and O–H groups in total. The van der Waals surface area contributed by atoms with E-state index in [2.05, 4.69) is 25.4 Å². The molecule has 0 radical (unpaired) electrons. The van der Waals surface area contributed by atoms with Crippen LogP contribution in [0.3, 0.4) is 0 Å². The van der Waals surface area contributed by atoms with Gasteiger partial charge in [-0.2, -0.15) is 0 Å². The fourth-order valence-corrected chi connectivity index (χ4v) is 1.42. The molecule has 0 saturated carbocycles. The van der Waals surface area contributed by atoms with Gasteiger partial charge in [0.2, 0.25) is 0 Å². The molecule has 96 valence electrons. The average molecular weight is 321 g/mol. The highest BCUT2D eigenvalue weighted by Crippen LogP contribution is 2.32. The monoisotopic (exact) mass is 320 g/mol. The smallest absolute Gasteiger partial charge is 0.486 e. The lowest BCUT2D eigenvalue weighted by Gasteiger charge is -2.11. The van der Waals surface area contributed by atoms with E-state index >= 15 is 0 Å². The molecule has 0 fully saturated rings. The van der Waals surface area contributed by atoms with Crippen molar-refractivity contribution in [3.63, 3.8) is 0 Å². The molecular weight excluding hydrogens is 315 g/mol. The molecular formula is C9H6BrF5O2. The van der Waals surface area contributed by atoms with Gasteiger partial charge in [0.25, 0.3) is 6.43 Å². The van der Waals surface area contributed by atoms with Gasteiger partial charge in [-0.1, -0.05) is 0 Å². The Hall–Kier alpha value is -1.05. The molecule has 8 heteroatoms. The maximum atomic E-state index is 11.9. The van der Waals surface area contributed by atoms with Gasteiger partial charge in [-0.05, 0) is 34.1 Å². The molecule has 0 unspecified atom stereocenters. The second kappa shape index (κ2) is 5.52. The summed E-state index contributed by atoms with van der Waals surface area (Å²) in [6, 6.07) is 3.06. The second-order valence-electron chi connectivity index (χ2n) is 2.84. The summed E-state index contributed by atoms with van der Waals surface area (Å²) < 4.78 is 67.6. The number of alkyl halides is 5. The van der Waals surface area contributed by atoms with E-state index in [-0.39, 0.29) is 10.2 Å². The molecule has 0 heterocycles. The van der Waals surface area contributed by atoms with Crippen molar-refractivity contribution in [2.45, 2.75) is 12.8 Å². The Morgan fingerprint density at radius 2 is 1.88 bits per heavy atom. The van der Waals surface area contributed by atoms with E-state index in [1.807, 2.05) is 0 Å². The van der Waals surface area contributed by atoms with E-state index in [9.17, 15) is 22.0 Å². The van der Waals surface area contributed by atoms with E-state index in [0.717, 1.165) is 18.2 Å². The van der Waals surface area contributed by atoms with Gasteiger partial charge >= 0.3 is 6.36 Å². The second-order valence-corrected chi connectivity index (χ2v) is 3.70. The van der Waals surface area contributed by atoms with Crippen LogP contribution in [0.15, 0.2) is 22.7 Å². The standard InChI is InChI=1S/C9H6BrF5O2/c10-6-3-5(17-9(13,14)15)1-2-7(6)16-4-8(11)12/h1-3,8H,4H2. The van der Waals surface area contributed by atoms with Gasteiger partial charge in [0.1, 0.15) is 18.1 Å². The van der Waals surface area contributed by atoms with Crippen molar-refractivity contribution < 1.29 is 31.4 Å². The summed E-state index contributed by atoms with van der Waals surface area (Å²) in [4.78, 5) is 0. The van der Waals surface area contributed by atoms with Gasteiger partial charge in [-0.25, -0.2) is 8.78 Å². The molecule has 1 aromatic rings. The van der Waals surface area contributed by atoms with Gasteiger partial charge in [0.05, 0.1) is 4.47 Å². The Labute approximate surface area is 101 Å². The number of hydrogen-bond acceptors (Lipinski definition) is 2. The quantitative estimate of drug-likeness (QED) is 0.781. The van der Waals surface area contributed by atoms with Crippen LogP contribution < -0.4 is 9.47 Å². The Morgan fingerprint density at radius 1 is 1.24 bits per heavy atom. The highest BCUT2D eigenvalue weighted by molar-refractivity contribution is 9.10. The van der Waals surface area contributed by atoms with Gasteiger partial charge in [0, 0.05) is 0 Å². The maximum absolute atomic E-state index is 11.9. The third-order valence-electron chi connectivity index (χ3n) is 1.50. The molecule has 0 aromatic heterocycles. The summed E-state index contributed by atoms with van der Waals surface area (Å²) >= 11 is 2.89.